The molecule has 0 aromatic carbocycles. The Bertz CT molecular complexity index is 209. The molecule has 3 heteroatoms. The SMILES string of the molecule is CCN(CC)C(=O)N1CCC(C)(C)C1. The second-order valence-corrected chi connectivity index (χ2v) is 4.79. The molecule has 0 spiro atoms. The van der Waals surface area contributed by atoms with Gasteiger partial charge < -0.3 is 9.80 Å². The van der Waals surface area contributed by atoms with Gasteiger partial charge in [0, 0.05) is 26.2 Å². The highest BCUT2D eigenvalue weighted by atomic mass is 16.2. The molecule has 1 rings (SSSR count). The molecule has 0 aromatic heterocycles. The number of hydrogen-bond donors (Lipinski definition) is 0. The van der Waals surface area contributed by atoms with Gasteiger partial charge in [0.05, 0.1) is 0 Å². The fourth-order valence-corrected chi connectivity index (χ4v) is 1.97. The molecule has 0 aliphatic carbocycles. The molecule has 0 N–H and O–H groups in total. The zero-order chi connectivity index (χ0) is 10.8. The lowest BCUT2D eigenvalue weighted by Crippen LogP contribution is -2.42. The molecule has 2 amide bonds. The predicted octanol–water partition coefficient (Wildman–Crippen LogP) is 2.18. The lowest BCUT2D eigenvalue weighted by molar-refractivity contribution is 0.163. The van der Waals surface area contributed by atoms with Crippen LogP contribution in [-0.4, -0.2) is 42.0 Å². The summed E-state index contributed by atoms with van der Waals surface area (Å²) in [6, 6.07) is 0.209. The summed E-state index contributed by atoms with van der Waals surface area (Å²) in [5.41, 5.74) is 0.308. The molecular weight excluding hydrogens is 176 g/mol. The van der Waals surface area contributed by atoms with Crippen molar-refractivity contribution in [2.24, 2.45) is 5.41 Å². The summed E-state index contributed by atoms with van der Waals surface area (Å²) in [5, 5.41) is 0. The van der Waals surface area contributed by atoms with Gasteiger partial charge in [-0.15, -0.1) is 0 Å². The molecule has 1 fully saturated rings. The van der Waals surface area contributed by atoms with Crippen LogP contribution in [0.4, 0.5) is 4.79 Å². The summed E-state index contributed by atoms with van der Waals surface area (Å²) in [7, 11) is 0. The van der Waals surface area contributed by atoms with E-state index in [1.807, 2.05) is 23.6 Å². The minimum Gasteiger partial charge on any atom is -0.325 e. The zero-order valence-electron chi connectivity index (χ0n) is 9.84. The van der Waals surface area contributed by atoms with E-state index < -0.39 is 0 Å². The van der Waals surface area contributed by atoms with Crippen molar-refractivity contribution in [1.82, 2.24) is 9.80 Å². The van der Waals surface area contributed by atoms with Crippen molar-refractivity contribution in [3.8, 4) is 0 Å². The first-order valence-corrected chi connectivity index (χ1v) is 5.54. The van der Waals surface area contributed by atoms with Crippen LogP contribution in [0.1, 0.15) is 34.1 Å². The summed E-state index contributed by atoms with van der Waals surface area (Å²) < 4.78 is 0. The first kappa shape index (κ1) is 11.3. The van der Waals surface area contributed by atoms with Crippen LogP contribution in [0.15, 0.2) is 0 Å². The van der Waals surface area contributed by atoms with Crippen molar-refractivity contribution < 1.29 is 4.79 Å². The van der Waals surface area contributed by atoms with Gasteiger partial charge in [0.2, 0.25) is 0 Å². The Morgan fingerprint density at radius 3 is 2.29 bits per heavy atom. The first-order chi connectivity index (χ1) is 6.50. The minimum atomic E-state index is 0.209. The van der Waals surface area contributed by atoms with E-state index in [1.165, 1.54) is 0 Å². The van der Waals surface area contributed by atoms with E-state index in [0.717, 1.165) is 32.6 Å². The predicted molar refractivity (Wildman–Crippen MR) is 58.3 cm³/mol. The van der Waals surface area contributed by atoms with Crippen molar-refractivity contribution in [3.05, 3.63) is 0 Å². The lowest BCUT2D eigenvalue weighted by Gasteiger charge is -2.27. The smallest absolute Gasteiger partial charge is 0.319 e. The molecule has 1 heterocycles. The topological polar surface area (TPSA) is 23.6 Å². The molecule has 0 bridgehead atoms. The van der Waals surface area contributed by atoms with Crippen molar-refractivity contribution in [3.63, 3.8) is 0 Å². The molecule has 0 atom stereocenters. The maximum atomic E-state index is 11.9. The minimum absolute atomic E-state index is 0.209. The van der Waals surface area contributed by atoms with Gasteiger partial charge in [-0.25, -0.2) is 4.79 Å². The van der Waals surface area contributed by atoms with Crippen LogP contribution in [0.25, 0.3) is 0 Å². The van der Waals surface area contributed by atoms with Gasteiger partial charge in [0.1, 0.15) is 0 Å². The van der Waals surface area contributed by atoms with E-state index in [9.17, 15) is 4.79 Å². The molecule has 82 valence electrons. The maximum Gasteiger partial charge on any atom is 0.319 e. The largest absolute Gasteiger partial charge is 0.325 e. The molecule has 1 aliphatic heterocycles. The molecule has 0 radical (unpaired) electrons. The molecular formula is C11H22N2O. The number of likely N-dealkylation sites (tertiary alicyclic amines) is 1. The Hall–Kier alpha value is -0.730. The van der Waals surface area contributed by atoms with E-state index in [2.05, 4.69) is 13.8 Å². The van der Waals surface area contributed by atoms with Crippen molar-refractivity contribution >= 4 is 6.03 Å². The van der Waals surface area contributed by atoms with Crippen LogP contribution in [0, 0.1) is 5.41 Å². The molecule has 0 unspecified atom stereocenters. The lowest BCUT2D eigenvalue weighted by atomic mass is 9.93. The molecule has 0 saturated carbocycles. The van der Waals surface area contributed by atoms with Gasteiger partial charge in [0.15, 0.2) is 0 Å². The fourth-order valence-electron chi connectivity index (χ4n) is 1.97. The van der Waals surface area contributed by atoms with Crippen LogP contribution in [0.2, 0.25) is 0 Å². The van der Waals surface area contributed by atoms with Crippen molar-refractivity contribution in [2.75, 3.05) is 26.2 Å². The summed E-state index contributed by atoms with van der Waals surface area (Å²) >= 11 is 0. The summed E-state index contributed by atoms with van der Waals surface area (Å²) in [5.74, 6) is 0. The molecule has 1 aliphatic rings. The van der Waals surface area contributed by atoms with Crippen molar-refractivity contribution in [2.45, 2.75) is 34.1 Å². The number of rotatable bonds is 2. The third kappa shape index (κ3) is 2.40. The average Bonchev–Trinajstić information content (AvgIpc) is 2.48. The number of hydrogen-bond acceptors (Lipinski definition) is 1. The normalized spacial score (nSPS) is 19.9. The van der Waals surface area contributed by atoms with E-state index in [1.54, 1.807) is 0 Å². The van der Waals surface area contributed by atoms with Gasteiger partial charge in [-0.3, -0.25) is 0 Å². The molecule has 1 saturated heterocycles. The Morgan fingerprint density at radius 1 is 1.36 bits per heavy atom. The number of carbonyl (C=O) groups excluding carboxylic acids is 1. The quantitative estimate of drug-likeness (QED) is 0.667. The fraction of sp³-hybridized carbons (Fsp3) is 0.909. The molecule has 14 heavy (non-hydrogen) atoms. The molecule has 3 nitrogen and oxygen atoms in total. The van der Waals surface area contributed by atoms with Crippen LogP contribution in [0.5, 0.6) is 0 Å². The Kier molecular flexibility index (Phi) is 3.40. The monoisotopic (exact) mass is 198 g/mol. The van der Waals surface area contributed by atoms with Gasteiger partial charge in [-0.05, 0) is 25.7 Å². The average molecular weight is 198 g/mol. The number of urea groups is 1. The summed E-state index contributed by atoms with van der Waals surface area (Å²) in [6.45, 7) is 12.0. The van der Waals surface area contributed by atoms with E-state index >= 15 is 0 Å². The third-order valence-corrected chi connectivity index (χ3v) is 2.98. The van der Waals surface area contributed by atoms with Gasteiger partial charge >= 0.3 is 6.03 Å². The van der Waals surface area contributed by atoms with E-state index in [4.69, 9.17) is 0 Å². The van der Waals surface area contributed by atoms with E-state index in [0.29, 0.717) is 5.41 Å². The molecule has 0 aromatic rings. The Balaban J connectivity index is 2.54. The van der Waals surface area contributed by atoms with E-state index in [-0.39, 0.29) is 6.03 Å². The number of carbonyl (C=O) groups is 1. The standard InChI is InChI=1S/C11H22N2O/c1-5-12(6-2)10(14)13-8-7-11(3,4)9-13/h5-9H2,1-4H3. The third-order valence-electron chi connectivity index (χ3n) is 2.98. The highest BCUT2D eigenvalue weighted by molar-refractivity contribution is 5.74. The van der Waals surface area contributed by atoms with Crippen LogP contribution >= 0.6 is 0 Å². The van der Waals surface area contributed by atoms with Gasteiger partial charge in [0.25, 0.3) is 0 Å². The Labute approximate surface area is 87.1 Å². The van der Waals surface area contributed by atoms with Gasteiger partial charge in [-0.2, -0.15) is 0 Å². The summed E-state index contributed by atoms with van der Waals surface area (Å²) in [4.78, 5) is 15.8. The highest BCUT2D eigenvalue weighted by Crippen LogP contribution is 2.29. The Morgan fingerprint density at radius 2 is 1.93 bits per heavy atom. The van der Waals surface area contributed by atoms with Crippen LogP contribution in [-0.2, 0) is 0 Å². The van der Waals surface area contributed by atoms with Crippen molar-refractivity contribution in [1.29, 1.82) is 0 Å². The summed E-state index contributed by atoms with van der Waals surface area (Å²) in [6.07, 6.45) is 1.13. The maximum absolute atomic E-state index is 11.9. The zero-order valence-corrected chi connectivity index (χ0v) is 9.84. The number of amides is 2. The second-order valence-electron chi connectivity index (χ2n) is 4.79. The van der Waals surface area contributed by atoms with Crippen LogP contribution in [0.3, 0.4) is 0 Å². The number of nitrogens with zero attached hydrogens (tertiary/aromatic N) is 2. The second kappa shape index (κ2) is 4.20. The van der Waals surface area contributed by atoms with Gasteiger partial charge in [-0.1, -0.05) is 13.8 Å². The van der Waals surface area contributed by atoms with Crippen LogP contribution < -0.4 is 0 Å². The highest BCUT2D eigenvalue weighted by Gasteiger charge is 2.33. The first-order valence-electron chi connectivity index (χ1n) is 5.54.